The summed E-state index contributed by atoms with van der Waals surface area (Å²) in [6.07, 6.45) is 1.77. The molecule has 2 rings (SSSR count). The third kappa shape index (κ3) is 4.57. The molecule has 21 heavy (non-hydrogen) atoms. The number of pyridine rings is 1. The van der Waals surface area contributed by atoms with Crippen LogP contribution in [0.1, 0.15) is 37.6 Å². The van der Waals surface area contributed by atoms with Crippen molar-refractivity contribution < 1.29 is 4.74 Å². The molecule has 112 valence electrons. The third-order valence-electron chi connectivity index (χ3n) is 3.38. The zero-order valence-corrected chi connectivity index (χ0v) is 13.3. The standard InChI is InChI=1S/C18H24N2O/c1-18(2,3)15-7-5-14(6-8-15)13-21-17-10-9-16(11-19-4)20-12-17/h5-10,12,19H,11,13H2,1-4H3. The molecule has 0 fully saturated rings. The molecule has 0 atom stereocenters. The molecule has 0 spiro atoms. The van der Waals surface area contributed by atoms with Crippen molar-refractivity contribution in [3.8, 4) is 5.75 Å². The first-order valence-electron chi connectivity index (χ1n) is 7.31. The predicted molar refractivity (Wildman–Crippen MR) is 86.5 cm³/mol. The van der Waals surface area contributed by atoms with Gasteiger partial charge in [0.05, 0.1) is 11.9 Å². The molecular weight excluding hydrogens is 260 g/mol. The summed E-state index contributed by atoms with van der Waals surface area (Å²) >= 11 is 0. The van der Waals surface area contributed by atoms with Crippen LogP contribution in [0.25, 0.3) is 0 Å². The molecule has 0 unspecified atom stereocenters. The minimum atomic E-state index is 0.187. The Morgan fingerprint density at radius 2 is 1.76 bits per heavy atom. The molecule has 0 aliphatic carbocycles. The summed E-state index contributed by atoms with van der Waals surface area (Å²) in [6.45, 7) is 8.00. The summed E-state index contributed by atoms with van der Waals surface area (Å²) in [5.41, 5.74) is 3.71. The second-order valence-corrected chi connectivity index (χ2v) is 6.25. The number of hydrogen-bond acceptors (Lipinski definition) is 3. The average molecular weight is 284 g/mol. The van der Waals surface area contributed by atoms with E-state index in [0.29, 0.717) is 6.61 Å². The Balaban J connectivity index is 1.93. The Kier molecular flexibility index (Phi) is 4.97. The van der Waals surface area contributed by atoms with Crippen LogP contribution >= 0.6 is 0 Å². The van der Waals surface area contributed by atoms with Gasteiger partial charge >= 0.3 is 0 Å². The minimum Gasteiger partial charge on any atom is -0.487 e. The van der Waals surface area contributed by atoms with Crippen molar-refractivity contribution in [3.63, 3.8) is 0 Å². The fourth-order valence-electron chi connectivity index (χ4n) is 2.05. The molecule has 0 saturated carbocycles. The van der Waals surface area contributed by atoms with Gasteiger partial charge in [0.2, 0.25) is 0 Å². The SMILES string of the molecule is CNCc1ccc(OCc2ccc(C(C)(C)C)cc2)cn1. The fourth-order valence-corrected chi connectivity index (χ4v) is 2.05. The third-order valence-corrected chi connectivity index (χ3v) is 3.38. The van der Waals surface area contributed by atoms with Crippen molar-refractivity contribution >= 4 is 0 Å². The van der Waals surface area contributed by atoms with E-state index in [1.165, 1.54) is 11.1 Å². The molecule has 0 radical (unpaired) electrons. The molecule has 0 saturated heterocycles. The highest BCUT2D eigenvalue weighted by molar-refractivity contribution is 5.28. The van der Waals surface area contributed by atoms with Gasteiger partial charge in [-0.2, -0.15) is 0 Å². The van der Waals surface area contributed by atoms with E-state index in [-0.39, 0.29) is 5.41 Å². The Morgan fingerprint density at radius 3 is 2.29 bits per heavy atom. The molecule has 1 aromatic carbocycles. The van der Waals surface area contributed by atoms with Gasteiger partial charge in [-0.1, -0.05) is 45.0 Å². The topological polar surface area (TPSA) is 34.1 Å². The fraction of sp³-hybridized carbons (Fsp3) is 0.389. The van der Waals surface area contributed by atoms with Crippen molar-refractivity contribution in [2.75, 3.05) is 7.05 Å². The summed E-state index contributed by atoms with van der Waals surface area (Å²) < 4.78 is 5.77. The van der Waals surface area contributed by atoms with E-state index in [0.717, 1.165) is 18.0 Å². The summed E-state index contributed by atoms with van der Waals surface area (Å²) in [5, 5.41) is 3.08. The van der Waals surface area contributed by atoms with E-state index in [1.54, 1.807) is 6.20 Å². The Bertz CT molecular complexity index is 553. The number of hydrogen-bond donors (Lipinski definition) is 1. The van der Waals surface area contributed by atoms with Crippen molar-refractivity contribution in [2.24, 2.45) is 0 Å². The van der Waals surface area contributed by atoms with Crippen LogP contribution in [-0.4, -0.2) is 12.0 Å². The van der Waals surface area contributed by atoms with Crippen molar-refractivity contribution in [3.05, 3.63) is 59.4 Å². The number of aromatic nitrogens is 1. The van der Waals surface area contributed by atoms with Gasteiger partial charge in [-0.3, -0.25) is 4.98 Å². The maximum atomic E-state index is 5.77. The van der Waals surface area contributed by atoms with Gasteiger partial charge in [0.1, 0.15) is 12.4 Å². The van der Waals surface area contributed by atoms with Crippen LogP contribution in [-0.2, 0) is 18.6 Å². The normalized spacial score (nSPS) is 11.4. The first kappa shape index (κ1) is 15.5. The van der Waals surface area contributed by atoms with Gasteiger partial charge < -0.3 is 10.1 Å². The van der Waals surface area contributed by atoms with Crippen LogP contribution in [0.15, 0.2) is 42.6 Å². The molecule has 0 aliphatic rings. The Hall–Kier alpha value is -1.87. The second-order valence-electron chi connectivity index (χ2n) is 6.25. The highest BCUT2D eigenvalue weighted by Gasteiger charge is 2.12. The smallest absolute Gasteiger partial charge is 0.138 e. The van der Waals surface area contributed by atoms with Crippen molar-refractivity contribution in [2.45, 2.75) is 39.3 Å². The van der Waals surface area contributed by atoms with Gasteiger partial charge in [-0.05, 0) is 35.7 Å². The lowest BCUT2D eigenvalue weighted by Crippen LogP contribution is -2.10. The molecular formula is C18H24N2O. The zero-order valence-electron chi connectivity index (χ0n) is 13.3. The van der Waals surface area contributed by atoms with Gasteiger partial charge in [0, 0.05) is 6.54 Å². The Morgan fingerprint density at radius 1 is 1.05 bits per heavy atom. The summed E-state index contributed by atoms with van der Waals surface area (Å²) in [7, 11) is 1.91. The monoisotopic (exact) mass is 284 g/mol. The number of nitrogens with one attached hydrogen (secondary N) is 1. The van der Waals surface area contributed by atoms with Crippen LogP contribution in [0.2, 0.25) is 0 Å². The molecule has 1 heterocycles. The van der Waals surface area contributed by atoms with Crippen LogP contribution in [0.3, 0.4) is 0 Å². The van der Waals surface area contributed by atoms with Crippen LogP contribution in [0.4, 0.5) is 0 Å². The van der Waals surface area contributed by atoms with E-state index >= 15 is 0 Å². The molecule has 1 aromatic heterocycles. The number of ether oxygens (including phenoxy) is 1. The van der Waals surface area contributed by atoms with Gasteiger partial charge in [-0.15, -0.1) is 0 Å². The molecule has 1 N–H and O–H groups in total. The van der Waals surface area contributed by atoms with E-state index in [1.807, 2.05) is 19.2 Å². The molecule has 0 bridgehead atoms. The van der Waals surface area contributed by atoms with Gasteiger partial charge in [-0.25, -0.2) is 0 Å². The average Bonchev–Trinajstić information content (AvgIpc) is 2.46. The lowest BCUT2D eigenvalue weighted by Gasteiger charge is -2.19. The summed E-state index contributed by atoms with van der Waals surface area (Å²) in [4.78, 5) is 4.34. The maximum Gasteiger partial charge on any atom is 0.138 e. The summed E-state index contributed by atoms with van der Waals surface area (Å²) in [6, 6.07) is 12.5. The largest absolute Gasteiger partial charge is 0.487 e. The predicted octanol–water partition coefficient (Wildman–Crippen LogP) is 3.68. The van der Waals surface area contributed by atoms with Crippen LogP contribution in [0.5, 0.6) is 5.75 Å². The molecule has 0 amide bonds. The van der Waals surface area contributed by atoms with E-state index in [2.05, 4.69) is 55.3 Å². The number of benzene rings is 1. The van der Waals surface area contributed by atoms with Gasteiger partial charge in [0.25, 0.3) is 0 Å². The number of rotatable bonds is 5. The zero-order chi connectivity index (χ0) is 15.3. The molecule has 2 aromatic rings. The molecule has 3 heteroatoms. The second kappa shape index (κ2) is 6.72. The molecule has 0 aliphatic heterocycles. The summed E-state index contributed by atoms with van der Waals surface area (Å²) in [5.74, 6) is 0.801. The highest BCUT2D eigenvalue weighted by atomic mass is 16.5. The maximum absolute atomic E-state index is 5.77. The van der Waals surface area contributed by atoms with Crippen LogP contribution < -0.4 is 10.1 Å². The van der Waals surface area contributed by atoms with E-state index in [9.17, 15) is 0 Å². The van der Waals surface area contributed by atoms with Crippen molar-refractivity contribution in [1.29, 1.82) is 0 Å². The molecule has 3 nitrogen and oxygen atoms in total. The van der Waals surface area contributed by atoms with E-state index in [4.69, 9.17) is 4.74 Å². The first-order chi connectivity index (χ1) is 9.99. The Labute approximate surface area is 127 Å². The van der Waals surface area contributed by atoms with Crippen LogP contribution in [0, 0.1) is 0 Å². The highest BCUT2D eigenvalue weighted by Crippen LogP contribution is 2.22. The van der Waals surface area contributed by atoms with E-state index < -0.39 is 0 Å². The van der Waals surface area contributed by atoms with Crippen molar-refractivity contribution in [1.82, 2.24) is 10.3 Å². The lowest BCUT2D eigenvalue weighted by molar-refractivity contribution is 0.304. The number of nitrogens with zero attached hydrogens (tertiary/aromatic N) is 1. The first-order valence-corrected chi connectivity index (χ1v) is 7.31. The minimum absolute atomic E-state index is 0.187. The van der Waals surface area contributed by atoms with Gasteiger partial charge in [0.15, 0.2) is 0 Å². The quantitative estimate of drug-likeness (QED) is 0.909. The lowest BCUT2D eigenvalue weighted by atomic mass is 9.87.